The summed E-state index contributed by atoms with van der Waals surface area (Å²) in [7, 11) is 0. The minimum atomic E-state index is -1.62. The normalized spacial score (nSPS) is 23.3. The third-order valence-electron chi connectivity index (χ3n) is 4.89. The molecule has 2 aromatic carbocycles. The van der Waals surface area contributed by atoms with Gasteiger partial charge in [0.2, 0.25) is 17.5 Å². The predicted molar refractivity (Wildman–Crippen MR) is 103 cm³/mol. The van der Waals surface area contributed by atoms with Crippen molar-refractivity contribution in [3.8, 4) is 40.1 Å². The van der Waals surface area contributed by atoms with E-state index >= 15 is 0 Å². The van der Waals surface area contributed by atoms with Gasteiger partial charge >= 0.3 is 0 Å². The van der Waals surface area contributed by atoms with E-state index in [2.05, 4.69) is 0 Å². The second-order valence-corrected chi connectivity index (χ2v) is 6.96. The van der Waals surface area contributed by atoms with E-state index in [1.807, 2.05) is 0 Å². The molecule has 1 saturated heterocycles. The summed E-state index contributed by atoms with van der Waals surface area (Å²) in [5.41, 5.74) is -1.04. The van der Waals surface area contributed by atoms with Gasteiger partial charge in [-0.3, -0.25) is 4.79 Å². The summed E-state index contributed by atoms with van der Waals surface area (Å²) in [5.74, 6) is -2.78. The van der Waals surface area contributed by atoms with Crippen LogP contribution in [-0.2, 0) is 4.74 Å². The summed E-state index contributed by atoms with van der Waals surface area (Å²) in [6, 6.07) is 5.50. The van der Waals surface area contributed by atoms with Crippen molar-refractivity contribution in [2.75, 3.05) is 6.61 Å². The molecule has 0 unspecified atom stereocenters. The lowest BCUT2D eigenvalue weighted by Crippen LogP contribution is -2.36. The molecule has 31 heavy (non-hydrogen) atoms. The van der Waals surface area contributed by atoms with Crippen LogP contribution < -0.4 is 10.2 Å². The molecule has 0 spiro atoms. The Hall–Kier alpha value is -3.51. The molecule has 1 fully saturated rings. The SMILES string of the molecule is O=c1c(O[C@@H]2O[C@H](CO)[C@@H](O)[C@@H]2O)c(-c2ccc(O)c(O)c2)oc2cc(O)cc(O)c12. The van der Waals surface area contributed by atoms with Crippen LogP contribution in [-0.4, -0.2) is 67.0 Å². The van der Waals surface area contributed by atoms with Gasteiger partial charge in [-0.2, -0.15) is 0 Å². The van der Waals surface area contributed by atoms with Gasteiger partial charge in [0.25, 0.3) is 0 Å². The van der Waals surface area contributed by atoms with Crippen LogP contribution in [0.25, 0.3) is 22.3 Å². The fourth-order valence-electron chi connectivity index (χ4n) is 3.31. The number of phenolic OH excluding ortho intramolecular Hbond substituents is 4. The van der Waals surface area contributed by atoms with Gasteiger partial charge in [0.15, 0.2) is 17.3 Å². The molecule has 1 aliphatic rings. The molecule has 0 aliphatic carbocycles. The third kappa shape index (κ3) is 3.49. The molecule has 4 atom stereocenters. The number of fused-ring (bicyclic) bond motifs is 1. The van der Waals surface area contributed by atoms with E-state index in [1.54, 1.807) is 0 Å². The second kappa shape index (κ2) is 7.63. The summed E-state index contributed by atoms with van der Waals surface area (Å²) < 4.78 is 16.4. The Morgan fingerprint density at radius 3 is 2.32 bits per heavy atom. The van der Waals surface area contributed by atoms with Crippen LogP contribution in [0.3, 0.4) is 0 Å². The average molecular weight is 434 g/mol. The maximum absolute atomic E-state index is 13.1. The lowest BCUT2D eigenvalue weighted by Gasteiger charge is -2.19. The smallest absolute Gasteiger partial charge is 0.239 e. The first-order chi connectivity index (χ1) is 14.7. The molecule has 11 nitrogen and oxygen atoms in total. The van der Waals surface area contributed by atoms with Crippen molar-refractivity contribution in [1.29, 1.82) is 0 Å². The topological polar surface area (TPSA) is 190 Å². The van der Waals surface area contributed by atoms with Crippen LogP contribution in [0.4, 0.5) is 0 Å². The lowest BCUT2D eigenvalue weighted by atomic mass is 10.1. The highest BCUT2D eigenvalue weighted by atomic mass is 16.7. The number of aliphatic hydroxyl groups excluding tert-OH is 3. The Labute approximate surface area is 173 Å². The van der Waals surface area contributed by atoms with Gasteiger partial charge in [0, 0.05) is 17.7 Å². The molecule has 11 heteroatoms. The van der Waals surface area contributed by atoms with Crippen LogP contribution in [0, 0.1) is 0 Å². The molecule has 4 rings (SSSR count). The number of phenols is 4. The molecule has 3 aromatic rings. The van der Waals surface area contributed by atoms with Gasteiger partial charge in [-0.05, 0) is 18.2 Å². The van der Waals surface area contributed by atoms with Crippen LogP contribution in [0.2, 0.25) is 0 Å². The molecule has 1 aliphatic heterocycles. The number of benzene rings is 2. The summed E-state index contributed by atoms with van der Waals surface area (Å²) in [5, 5.41) is 68.3. The van der Waals surface area contributed by atoms with E-state index in [1.165, 1.54) is 6.07 Å². The summed E-state index contributed by atoms with van der Waals surface area (Å²) in [6.45, 7) is -0.622. The van der Waals surface area contributed by atoms with Crippen molar-refractivity contribution in [2.24, 2.45) is 0 Å². The van der Waals surface area contributed by atoms with Crippen LogP contribution in [0.15, 0.2) is 39.5 Å². The lowest BCUT2D eigenvalue weighted by molar-refractivity contribution is -0.117. The van der Waals surface area contributed by atoms with E-state index in [9.17, 15) is 40.5 Å². The van der Waals surface area contributed by atoms with E-state index in [0.29, 0.717) is 0 Å². The Balaban J connectivity index is 1.92. The van der Waals surface area contributed by atoms with Crippen molar-refractivity contribution >= 4 is 11.0 Å². The number of aromatic hydroxyl groups is 4. The van der Waals surface area contributed by atoms with Crippen LogP contribution >= 0.6 is 0 Å². The molecular formula is C20H18O11. The van der Waals surface area contributed by atoms with Gasteiger partial charge < -0.3 is 49.6 Å². The van der Waals surface area contributed by atoms with Crippen molar-refractivity contribution in [2.45, 2.75) is 24.6 Å². The van der Waals surface area contributed by atoms with Gasteiger partial charge in [-0.25, -0.2) is 0 Å². The van der Waals surface area contributed by atoms with Gasteiger partial charge in [-0.1, -0.05) is 0 Å². The largest absolute Gasteiger partial charge is 0.508 e. The molecule has 2 heterocycles. The minimum absolute atomic E-state index is 0.0684. The van der Waals surface area contributed by atoms with E-state index in [-0.39, 0.29) is 28.0 Å². The fourth-order valence-corrected chi connectivity index (χ4v) is 3.31. The molecule has 0 radical (unpaired) electrons. The Bertz CT molecular complexity index is 1200. The Kier molecular flexibility index (Phi) is 5.11. The number of ether oxygens (including phenoxy) is 2. The number of hydrogen-bond acceptors (Lipinski definition) is 11. The highest BCUT2D eigenvalue weighted by Gasteiger charge is 2.44. The van der Waals surface area contributed by atoms with Crippen molar-refractivity contribution in [3.63, 3.8) is 0 Å². The second-order valence-electron chi connectivity index (χ2n) is 6.96. The summed E-state index contributed by atoms with van der Waals surface area (Å²) >= 11 is 0. The number of rotatable bonds is 4. The molecular weight excluding hydrogens is 416 g/mol. The van der Waals surface area contributed by atoms with Gasteiger partial charge in [0.1, 0.15) is 40.8 Å². The van der Waals surface area contributed by atoms with E-state index in [0.717, 1.165) is 24.3 Å². The zero-order chi connectivity index (χ0) is 22.4. The molecule has 164 valence electrons. The van der Waals surface area contributed by atoms with E-state index < -0.39 is 59.6 Å². The fraction of sp³-hybridized carbons (Fsp3) is 0.250. The van der Waals surface area contributed by atoms with Crippen molar-refractivity contribution in [3.05, 3.63) is 40.6 Å². The quantitative estimate of drug-likeness (QED) is 0.276. The van der Waals surface area contributed by atoms with Crippen LogP contribution in [0.5, 0.6) is 28.7 Å². The first kappa shape index (κ1) is 20.8. The number of aliphatic hydroxyl groups is 3. The zero-order valence-electron chi connectivity index (χ0n) is 15.7. The maximum Gasteiger partial charge on any atom is 0.239 e. The highest BCUT2D eigenvalue weighted by molar-refractivity contribution is 5.88. The molecule has 1 aromatic heterocycles. The predicted octanol–water partition coefficient (Wildman–Crippen LogP) is 0.100. The maximum atomic E-state index is 13.1. The molecule has 7 N–H and O–H groups in total. The average Bonchev–Trinajstić information content (AvgIpc) is 2.99. The minimum Gasteiger partial charge on any atom is -0.508 e. The molecule has 0 saturated carbocycles. The van der Waals surface area contributed by atoms with Crippen molar-refractivity contribution < 1.29 is 49.6 Å². The van der Waals surface area contributed by atoms with Crippen LogP contribution in [0.1, 0.15) is 0 Å². The Morgan fingerprint density at radius 2 is 1.68 bits per heavy atom. The zero-order valence-corrected chi connectivity index (χ0v) is 15.7. The molecule has 0 amide bonds. The first-order valence-electron chi connectivity index (χ1n) is 9.05. The first-order valence-corrected chi connectivity index (χ1v) is 9.05. The third-order valence-corrected chi connectivity index (χ3v) is 4.89. The van der Waals surface area contributed by atoms with Gasteiger partial charge in [0.05, 0.1) is 6.61 Å². The molecule has 0 bridgehead atoms. The summed E-state index contributed by atoms with van der Waals surface area (Å²) in [6.07, 6.45) is -5.86. The standard InChI is InChI=1S/C20H18O11/c21-6-13-15(26)17(28)20(30-13)31-19-16(27)14-11(25)4-8(22)5-12(14)29-18(19)7-1-2-9(23)10(24)3-7/h1-5,13,15,17,20-26,28H,6H2/t13-,15-,17+,20+/m1/s1. The Morgan fingerprint density at radius 1 is 0.935 bits per heavy atom. The number of hydrogen-bond donors (Lipinski definition) is 7. The van der Waals surface area contributed by atoms with Crippen molar-refractivity contribution in [1.82, 2.24) is 0 Å². The summed E-state index contributed by atoms with van der Waals surface area (Å²) in [4.78, 5) is 13.1. The monoisotopic (exact) mass is 434 g/mol. The van der Waals surface area contributed by atoms with Gasteiger partial charge in [-0.15, -0.1) is 0 Å². The van der Waals surface area contributed by atoms with E-state index in [4.69, 9.17) is 13.9 Å². The highest BCUT2D eigenvalue weighted by Crippen LogP contribution is 2.39.